The molecule has 12 heteroatoms. The molecule has 2 aromatic heterocycles. The van der Waals surface area contributed by atoms with Crippen LogP contribution in [0.2, 0.25) is 0 Å². The summed E-state index contributed by atoms with van der Waals surface area (Å²) in [6.07, 6.45) is -2.63. The standard InChI is InChI=1S/C23H26F4N6OS/c1-12(2)33-22(34-16-6-7-18(24)17(9-16)23(25,26)27)29-21(30-33)28-20-14-4-5-15(20)11-32(10-14)19-8-13(3)31-35-19/h6-9,12,14-15,20H,4-5,10-11H2,1-3H3,(H,28,30)/t14-,15+,20-. The molecule has 3 heterocycles. The Morgan fingerprint density at radius 3 is 2.46 bits per heavy atom. The quantitative estimate of drug-likeness (QED) is 0.417. The van der Waals surface area contributed by atoms with Gasteiger partial charge in [0.05, 0.1) is 17.3 Å². The molecular weight excluding hydrogens is 484 g/mol. The van der Waals surface area contributed by atoms with Crippen molar-refractivity contribution in [1.82, 2.24) is 19.1 Å². The highest BCUT2D eigenvalue weighted by Gasteiger charge is 2.43. The fourth-order valence-electron chi connectivity index (χ4n) is 4.95. The van der Waals surface area contributed by atoms with Crippen LogP contribution in [0.1, 0.15) is 44.0 Å². The number of hydrogen-bond acceptors (Lipinski definition) is 7. The lowest BCUT2D eigenvalue weighted by molar-refractivity contribution is -0.140. The number of nitrogens with zero attached hydrogens (tertiary/aromatic N) is 5. The van der Waals surface area contributed by atoms with Gasteiger partial charge in [0.2, 0.25) is 5.95 Å². The van der Waals surface area contributed by atoms with E-state index in [2.05, 4.69) is 30.7 Å². The van der Waals surface area contributed by atoms with Gasteiger partial charge in [-0.15, -0.1) is 5.10 Å². The highest BCUT2D eigenvalue weighted by molar-refractivity contribution is 7.10. The molecular formula is C23H26F4N6OS. The molecule has 3 atom stereocenters. The minimum Gasteiger partial charge on any atom is -0.424 e. The molecule has 0 unspecified atom stereocenters. The largest absolute Gasteiger partial charge is 0.424 e. The third-order valence-corrected chi connectivity index (χ3v) is 7.54. The van der Waals surface area contributed by atoms with Crippen LogP contribution >= 0.6 is 11.5 Å². The number of alkyl halides is 3. The number of benzene rings is 1. The van der Waals surface area contributed by atoms with Gasteiger partial charge in [-0.3, -0.25) is 0 Å². The Kier molecular flexibility index (Phi) is 6.10. The maximum Gasteiger partial charge on any atom is 0.419 e. The SMILES string of the molecule is Cc1cc(N2C[C@H]3CC[C@@H](C2)[C@@H]3Nc2nc(Oc3ccc(F)c(C(F)(F)F)c3)n(C(C)C)n2)sn1. The molecule has 1 saturated heterocycles. The van der Waals surface area contributed by atoms with E-state index in [1.807, 2.05) is 20.8 Å². The van der Waals surface area contributed by atoms with E-state index in [4.69, 9.17) is 4.74 Å². The molecule has 0 amide bonds. The second kappa shape index (κ2) is 8.96. The van der Waals surface area contributed by atoms with Crippen molar-refractivity contribution in [2.24, 2.45) is 11.8 Å². The molecule has 2 aliphatic rings. The maximum absolute atomic E-state index is 13.7. The number of aryl methyl sites for hydroxylation is 1. The molecule has 2 fully saturated rings. The van der Waals surface area contributed by atoms with E-state index in [1.165, 1.54) is 21.2 Å². The maximum atomic E-state index is 13.7. The molecule has 35 heavy (non-hydrogen) atoms. The molecule has 3 aromatic rings. The Hall–Kier alpha value is -2.89. The van der Waals surface area contributed by atoms with Crippen molar-refractivity contribution in [3.63, 3.8) is 0 Å². The lowest BCUT2D eigenvalue weighted by Gasteiger charge is -2.38. The van der Waals surface area contributed by atoms with E-state index in [0.717, 1.165) is 43.8 Å². The summed E-state index contributed by atoms with van der Waals surface area (Å²) in [4.78, 5) is 6.83. The van der Waals surface area contributed by atoms with Crippen LogP contribution in [0.15, 0.2) is 24.3 Å². The van der Waals surface area contributed by atoms with Crippen LogP contribution in [0, 0.1) is 24.6 Å². The van der Waals surface area contributed by atoms with Crippen LogP contribution in [-0.4, -0.2) is 38.3 Å². The van der Waals surface area contributed by atoms with E-state index in [-0.39, 0.29) is 23.8 Å². The minimum absolute atomic E-state index is 0.0483. The Morgan fingerprint density at radius 2 is 1.86 bits per heavy atom. The van der Waals surface area contributed by atoms with E-state index in [0.29, 0.717) is 23.9 Å². The van der Waals surface area contributed by atoms with Crippen LogP contribution in [-0.2, 0) is 6.18 Å². The molecule has 5 rings (SSSR count). The number of fused-ring (bicyclic) bond motifs is 2. The summed E-state index contributed by atoms with van der Waals surface area (Å²) in [5, 5.41) is 9.17. The average Bonchev–Trinajstić information content (AvgIpc) is 3.45. The molecule has 0 radical (unpaired) electrons. The number of halogens is 4. The van der Waals surface area contributed by atoms with Crippen molar-refractivity contribution in [3.8, 4) is 11.8 Å². The summed E-state index contributed by atoms with van der Waals surface area (Å²) >= 11 is 1.52. The highest BCUT2D eigenvalue weighted by atomic mass is 32.1. The molecule has 1 aliphatic heterocycles. The lowest BCUT2D eigenvalue weighted by atomic mass is 9.92. The monoisotopic (exact) mass is 510 g/mol. The summed E-state index contributed by atoms with van der Waals surface area (Å²) in [5.74, 6) is -0.313. The second-order valence-electron chi connectivity index (χ2n) is 9.48. The lowest BCUT2D eigenvalue weighted by Crippen LogP contribution is -2.48. The number of aromatic nitrogens is 4. The molecule has 1 aromatic carbocycles. The fraction of sp³-hybridized carbons (Fsp3) is 0.522. The van der Waals surface area contributed by atoms with Crippen molar-refractivity contribution in [2.75, 3.05) is 23.3 Å². The van der Waals surface area contributed by atoms with E-state index < -0.39 is 17.6 Å². The Bertz CT molecular complexity index is 1200. The van der Waals surface area contributed by atoms with Gasteiger partial charge < -0.3 is 15.0 Å². The van der Waals surface area contributed by atoms with E-state index >= 15 is 0 Å². The summed E-state index contributed by atoms with van der Waals surface area (Å²) in [7, 11) is 0. The number of nitrogens with one attached hydrogen (secondary N) is 1. The molecule has 1 saturated carbocycles. The van der Waals surface area contributed by atoms with Gasteiger partial charge in [0, 0.05) is 19.1 Å². The summed E-state index contributed by atoms with van der Waals surface area (Å²) in [5.41, 5.74) is -0.361. The van der Waals surface area contributed by atoms with Crippen LogP contribution < -0.4 is 15.0 Å². The van der Waals surface area contributed by atoms with E-state index in [9.17, 15) is 17.6 Å². The normalized spacial score (nSPS) is 22.2. The number of anilines is 2. The van der Waals surface area contributed by atoms with Gasteiger partial charge >= 0.3 is 12.2 Å². The molecule has 2 bridgehead atoms. The van der Waals surface area contributed by atoms with Crippen molar-refractivity contribution < 1.29 is 22.3 Å². The third-order valence-electron chi connectivity index (χ3n) is 6.60. The van der Waals surface area contributed by atoms with Gasteiger partial charge in [-0.1, -0.05) is 0 Å². The minimum atomic E-state index is -4.83. The molecule has 1 N–H and O–H groups in total. The summed E-state index contributed by atoms with van der Waals surface area (Å²) < 4.78 is 64.6. The first-order valence-electron chi connectivity index (χ1n) is 11.5. The Morgan fingerprint density at radius 1 is 1.14 bits per heavy atom. The van der Waals surface area contributed by atoms with Gasteiger partial charge in [-0.25, -0.2) is 9.07 Å². The van der Waals surface area contributed by atoms with Crippen molar-refractivity contribution in [1.29, 1.82) is 0 Å². The number of ether oxygens (including phenoxy) is 1. The van der Waals surface area contributed by atoms with Crippen LogP contribution in [0.4, 0.5) is 28.5 Å². The first-order valence-corrected chi connectivity index (χ1v) is 12.3. The third kappa shape index (κ3) is 4.80. The zero-order valence-corrected chi connectivity index (χ0v) is 20.3. The molecule has 0 spiro atoms. The number of hydrogen-bond donors (Lipinski definition) is 1. The topological polar surface area (TPSA) is 68.1 Å². The van der Waals surface area contributed by atoms with Gasteiger partial charge in [0.1, 0.15) is 16.6 Å². The fourth-order valence-corrected chi connectivity index (χ4v) is 5.73. The highest BCUT2D eigenvalue weighted by Crippen LogP contribution is 2.41. The van der Waals surface area contributed by atoms with Crippen LogP contribution in [0.3, 0.4) is 0 Å². The van der Waals surface area contributed by atoms with E-state index in [1.54, 1.807) is 0 Å². The predicted octanol–water partition coefficient (Wildman–Crippen LogP) is 5.90. The summed E-state index contributed by atoms with van der Waals surface area (Å²) in [6.45, 7) is 7.57. The second-order valence-corrected chi connectivity index (χ2v) is 10.3. The van der Waals surface area contributed by atoms with Crippen molar-refractivity contribution in [2.45, 2.75) is 51.9 Å². The Labute approximate surface area is 204 Å². The van der Waals surface area contributed by atoms with Gasteiger partial charge in [0.15, 0.2) is 0 Å². The van der Waals surface area contributed by atoms with Gasteiger partial charge in [-0.2, -0.15) is 22.5 Å². The van der Waals surface area contributed by atoms with Gasteiger partial charge in [-0.05, 0) is 81.2 Å². The smallest absolute Gasteiger partial charge is 0.419 e. The first kappa shape index (κ1) is 23.8. The summed E-state index contributed by atoms with van der Waals surface area (Å²) in [6, 6.07) is 4.73. The number of rotatable bonds is 6. The molecule has 188 valence electrons. The van der Waals surface area contributed by atoms with Gasteiger partial charge in [0.25, 0.3) is 0 Å². The van der Waals surface area contributed by atoms with Crippen LogP contribution in [0.25, 0.3) is 0 Å². The number of piperidine rings is 1. The van der Waals surface area contributed by atoms with Crippen molar-refractivity contribution in [3.05, 3.63) is 41.3 Å². The first-order chi connectivity index (χ1) is 16.6. The van der Waals surface area contributed by atoms with Crippen molar-refractivity contribution >= 4 is 22.5 Å². The Balaban J connectivity index is 1.34. The average molecular weight is 511 g/mol. The zero-order valence-electron chi connectivity index (χ0n) is 19.5. The predicted molar refractivity (Wildman–Crippen MR) is 125 cm³/mol. The molecule has 7 nitrogen and oxygen atoms in total. The van der Waals surface area contributed by atoms with Crippen LogP contribution in [0.5, 0.6) is 11.8 Å². The zero-order chi connectivity index (χ0) is 24.9. The molecule has 1 aliphatic carbocycles.